The third kappa shape index (κ3) is 3.02. The van der Waals surface area contributed by atoms with Crippen LogP contribution in [0.1, 0.15) is 42.1 Å². The van der Waals surface area contributed by atoms with Gasteiger partial charge in [-0.05, 0) is 32.3 Å². The van der Waals surface area contributed by atoms with Crippen molar-refractivity contribution in [3.05, 3.63) is 53.6 Å². The van der Waals surface area contributed by atoms with Crippen molar-refractivity contribution < 1.29 is 13.9 Å². The monoisotopic (exact) mass is 315 g/mol. The van der Waals surface area contributed by atoms with Crippen molar-refractivity contribution in [3.8, 4) is 0 Å². The Hall–Kier alpha value is -2.50. The van der Waals surface area contributed by atoms with Crippen LogP contribution in [0.2, 0.25) is 0 Å². The standard InChI is InChI=1S/C17H18FN3O2/c1-2-23-15(22)12-10-19-16(20-11-12)21-17(8-5-9-17)13-6-3-4-7-14(13)18/h3-4,6-7,10-11H,2,5,8-9H2,1H3,(H,19,20,21). The number of anilines is 1. The van der Waals surface area contributed by atoms with E-state index in [9.17, 15) is 9.18 Å². The number of hydrogen-bond acceptors (Lipinski definition) is 5. The smallest absolute Gasteiger partial charge is 0.341 e. The molecule has 1 aliphatic rings. The van der Waals surface area contributed by atoms with E-state index < -0.39 is 11.5 Å². The minimum Gasteiger partial charge on any atom is -0.462 e. The van der Waals surface area contributed by atoms with E-state index in [2.05, 4.69) is 15.3 Å². The van der Waals surface area contributed by atoms with Crippen LogP contribution in [0.25, 0.3) is 0 Å². The highest BCUT2D eigenvalue weighted by Crippen LogP contribution is 2.44. The van der Waals surface area contributed by atoms with Gasteiger partial charge in [-0.1, -0.05) is 18.2 Å². The van der Waals surface area contributed by atoms with Crippen LogP contribution >= 0.6 is 0 Å². The zero-order valence-corrected chi connectivity index (χ0v) is 12.9. The van der Waals surface area contributed by atoms with Crippen molar-refractivity contribution in [2.24, 2.45) is 0 Å². The number of rotatable bonds is 5. The van der Waals surface area contributed by atoms with Gasteiger partial charge in [0.25, 0.3) is 0 Å². The highest BCUT2D eigenvalue weighted by molar-refractivity contribution is 5.88. The average Bonchev–Trinajstić information content (AvgIpc) is 2.52. The summed E-state index contributed by atoms with van der Waals surface area (Å²) in [7, 11) is 0. The van der Waals surface area contributed by atoms with Crippen LogP contribution in [0.3, 0.4) is 0 Å². The summed E-state index contributed by atoms with van der Waals surface area (Å²) in [5, 5.41) is 3.23. The molecule has 0 saturated heterocycles. The Labute approximate surface area is 133 Å². The molecule has 0 atom stereocenters. The fourth-order valence-corrected chi connectivity index (χ4v) is 2.77. The SMILES string of the molecule is CCOC(=O)c1cnc(NC2(c3ccccc3F)CCC2)nc1. The summed E-state index contributed by atoms with van der Waals surface area (Å²) in [5.41, 5.74) is 0.451. The lowest BCUT2D eigenvalue weighted by molar-refractivity contribution is 0.0525. The van der Waals surface area contributed by atoms with Crippen LogP contribution in [0.5, 0.6) is 0 Å². The fourth-order valence-electron chi connectivity index (χ4n) is 2.77. The molecule has 120 valence electrons. The first-order valence-electron chi connectivity index (χ1n) is 7.67. The number of hydrogen-bond donors (Lipinski definition) is 1. The lowest BCUT2D eigenvalue weighted by atomic mass is 9.71. The van der Waals surface area contributed by atoms with Crippen LogP contribution in [0.4, 0.5) is 10.3 Å². The van der Waals surface area contributed by atoms with E-state index in [1.165, 1.54) is 18.5 Å². The molecule has 1 fully saturated rings. The molecular formula is C17H18FN3O2. The zero-order valence-electron chi connectivity index (χ0n) is 12.9. The second kappa shape index (κ2) is 6.32. The van der Waals surface area contributed by atoms with E-state index >= 15 is 0 Å². The summed E-state index contributed by atoms with van der Waals surface area (Å²) in [5.74, 6) is -0.310. The minimum absolute atomic E-state index is 0.233. The normalized spacial score (nSPS) is 15.6. The number of nitrogens with zero attached hydrogens (tertiary/aromatic N) is 2. The van der Waals surface area contributed by atoms with Crippen LogP contribution in [0.15, 0.2) is 36.7 Å². The molecular weight excluding hydrogens is 297 g/mol. The molecule has 23 heavy (non-hydrogen) atoms. The highest BCUT2D eigenvalue weighted by Gasteiger charge is 2.41. The molecule has 0 bridgehead atoms. The van der Waals surface area contributed by atoms with Crippen molar-refractivity contribution in [2.75, 3.05) is 11.9 Å². The predicted molar refractivity (Wildman–Crippen MR) is 83.5 cm³/mol. The van der Waals surface area contributed by atoms with Crippen LogP contribution in [-0.2, 0) is 10.3 Å². The zero-order chi connectivity index (χ0) is 16.3. The Morgan fingerprint density at radius 2 is 2.00 bits per heavy atom. The Balaban J connectivity index is 1.80. The van der Waals surface area contributed by atoms with Crippen LogP contribution < -0.4 is 5.32 Å². The second-order valence-corrected chi connectivity index (χ2v) is 5.56. The number of nitrogens with one attached hydrogen (secondary N) is 1. The number of benzene rings is 1. The summed E-state index contributed by atoms with van der Waals surface area (Å²) >= 11 is 0. The number of halogens is 1. The molecule has 5 nitrogen and oxygen atoms in total. The summed E-state index contributed by atoms with van der Waals surface area (Å²) < 4.78 is 19.0. The summed E-state index contributed by atoms with van der Waals surface area (Å²) in [4.78, 5) is 19.9. The van der Waals surface area contributed by atoms with Crippen molar-refractivity contribution >= 4 is 11.9 Å². The number of aromatic nitrogens is 2. The molecule has 1 heterocycles. The fraction of sp³-hybridized carbons (Fsp3) is 0.353. The van der Waals surface area contributed by atoms with Crippen molar-refractivity contribution in [1.82, 2.24) is 9.97 Å². The largest absolute Gasteiger partial charge is 0.462 e. The third-order valence-electron chi connectivity index (χ3n) is 4.11. The van der Waals surface area contributed by atoms with Gasteiger partial charge < -0.3 is 10.1 Å². The van der Waals surface area contributed by atoms with E-state index in [1.807, 2.05) is 6.07 Å². The molecule has 3 rings (SSSR count). The second-order valence-electron chi connectivity index (χ2n) is 5.56. The summed E-state index contributed by atoms with van der Waals surface area (Å²) in [6, 6.07) is 6.75. The number of carbonyl (C=O) groups excluding carboxylic acids is 1. The molecule has 1 saturated carbocycles. The van der Waals surface area contributed by atoms with Gasteiger partial charge >= 0.3 is 5.97 Å². The summed E-state index contributed by atoms with van der Waals surface area (Å²) in [6.45, 7) is 2.04. The molecule has 0 spiro atoms. The molecule has 0 radical (unpaired) electrons. The Kier molecular flexibility index (Phi) is 4.23. The maximum Gasteiger partial charge on any atom is 0.341 e. The van der Waals surface area contributed by atoms with E-state index in [0.717, 1.165) is 19.3 Å². The maximum absolute atomic E-state index is 14.1. The van der Waals surface area contributed by atoms with Gasteiger partial charge in [-0.2, -0.15) is 0 Å². The molecule has 1 aromatic carbocycles. The Bertz CT molecular complexity index is 699. The first kappa shape index (κ1) is 15.4. The number of ether oxygens (including phenoxy) is 1. The molecule has 0 amide bonds. The molecule has 1 N–H and O–H groups in total. The van der Waals surface area contributed by atoms with Crippen molar-refractivity contribution in [1.29, 1.82) is 0 Å². The van der Waals surface area contributed by atoms with E-state index in [4.69, 9.17) is 4.74 Å². The Morgan fingerprint density at radius 1 is 1.30 bits per heavy atom. The van der Waals surface area contributed by atoms with Gasteiger partial charge in [0, 0.05) is 18.0 Å². The molecule has 0 unspecified atom stereocenters. The van der Waals surface area contributed by atoms with Crippen molar-refractivity contribution in [3.63, 3.8) is 0 Å². The molecule has 6 heteroatoms. The van der Waals surface area contributed by atoms with Gasteiger partial charge in [0.05, 0.1) is 17.7 Å². The lowest BCUT2D eigenvalue weighted by Crippen LogP contribution is -2.43. The van der Waals surface area contributed by atoms with Gasteiger partial charge in [-0.25, -0.2) is 19.2 Å². The lowest BCUT2D eigenvalue weighted by Gasteiger charge is -2.43. The third-order valence-corrected chi connectivity index (χ3v) is 4.11. The number of carbonyl (C=O) groups is 1. The van der Waals surface area contributed by atoms with Crippen molar-refractivity contribution in [2.45, 2.75) is 31.7 Å². The van der Waals surface area contributed by atoms with Gasteiger partial charge in [-0.15, -0.1) is 0 Å². The van der Waals surface area contributed by atoms with E-state index in [-0.39, 0.29) is 5.82 Å². The van der Waals surface area contributed by atoms with Gasteiger partial charge in [0.1, 0.15) is 5.82 Å². The van der Waals surface area contributed by atoms with E-state index in [1.54, 1.807) is 19.1 Å². The van der Waals surface area contributed by atoms with Crippen LogP contribution in [-0.4, -0.2) is 22.5 Å². The molecule has 1 aromatic heterocycles. The first-order chi connectivity index (χ1) is 11.1. The molecule has 0 aliphatic heterocycles. The van der Waals surface area contributed by atoms with Gasteiger partial charge in [0.2, 0.25) is 5.95 Å². The van der Waals surface area contributed by atoms with E-state index in [0.29, 0.717) is 23.7 Å². The van der Waals surface area contributed by atoms with Gasteiger partial charge in [0.15, 0.2) is 0 Å². The van der Waals surface area contributed by atoms with Gasteiger partial charge in [-0.3, -0.25) is 0 Å². The first-order valence-corrected chi connectivity index (χ1v) is 7.67. The predicted octanol–water partition coefficient (Wildman–Crippen LogP) is 3.28. The quantitative estimate of drug-likeness (QED) is 0.858. The maximum atomic E-state index is 14.1. The average molecular weight is 315 g/mol. The molecule has 2 aromatic rings. The van der Waals surface area contributed by atoms with Crippen LogP contribution in [0, 0.1) is 5.82 Å². The molecule has 1 aliphatic carbocycles. The summed E-state index contributed by atoms with van der Waals surface area (Å²) in [6.07, 6.45) is 5.48. The highest BCUT2D eigenvalue weighted by atomic mass is 19.1. The Morgan fingerprint density at radius 3 is 2.57 bits per heavy atom. The topological polar surface area (TPSA) is 64.1 Å². The minimum atomic E-state index is -0.475. The number of esters is 1.